The van der Waals surface area contributed by atoms with Gasteiger partial charge in [0.25, 0.3) is 0 Å². The Morgan fingerprint density at radius 1 is 1.65 bits per heavy atom. The minimum atomic E-state index is -0.203. The molecule has 94 valence electrons. The number of rotatable bonds is 3. The molecule has 0 saturated carbocycles. The van der Waals surface area contributed by atoms with Crippen LogP contribution in [0.5, 0.6) is 0 Å². The lowest BCUT2D eigenvalue weighted by Crippen LogP contribution is -2.42. The van der Waals surface area contributed by atoms with Crippen LogP contribution in [-0.2, 0) is 4.74 Å². The molecule has 2 rings (SSSR count). The maximum absolute atomic E-state index is 11.5. The third-order valence-corrected chi connectivity index (χ3v) is 3.32. The minimum absolute atomic E-state index is 0.203. The first-order valence-corrected chi connectivity index (χ1v) is 6.52. The van der Waals surface area contributed by atoms with E-state index in [1.807, 2.05) is 6.92 Å². The number of aromatic nitrogens is 2. The van der Waals surface area contributed by atoms with Crippen LogP contribution in [0.2, 0.25) is 0 Å². The summed E-state index contributed by atoms with van der Waals surface area (Å²) in [5.41, 5.74) is 0. The van der Waals surface area contributed by atoms with Gasteiger partial charge in [0, 0.05) is 30.7 Å². The van der Waals surface area contributed by atoms with Crippen LogP contribution in [0, 0.1) is 0 Å². The van der Waals surface area contributed by atoms with Gasteiger partial charge in [0.1, 0.15) is 5.00 Å². The highest BCUT2D eigenvalue weighted by Gasteiger charge is 2.23. The lowest BCUT2D eigenvalue weighted by Gasteiger charge is -2.31. The molecule has 0 spiro atoms. The molecular formula is C10H16N4O2S. The Hall–Kier alpha value is -1.37. The number of ether oxygens (including phenoxy) is 1. The Morgan fingerprint density at radius 2 is 2.41 bits per heavy atom. The van der Waals surface area contributed by atoms with Crippen molar-refractivity contribution in [1.82, 2.24) is 14.5 Å². The van der Waals surface area contributed by atoms with Crippen molar-refractivity contribution in [1.29, 1.82) is 0 Å². The summed E-state index contributed by atoms with van der Waals surface area (Å²) < 4.78 is 8.77. The zero-order valence-electron chi connectivity index (χ0n) is 9.76. The highest BCUT2D eigenvalue weighted by molar-refractivity contribution is 7.09. The van der Waals surface area contributed by atoms with Crippen molar-refractivity contribution in [3.63, 3.8) is 0 Å². The van der Waals surface area contributed by atoms with E-state index in [0.717, 1.165) is 30.9 Å². The Bertz CT molecular complexity index is 349. The predicted molar refractivity (Wildman–Crippen MR) is 65.1 cm³/mol. The summed E-state index contributed by atoms with van der Waals surface area (Å²) in [5, 5.41) is 8.13. The zero-order valence-corrected chi connectivity index (χ0v) is 10.6. The van der Waals surface area contributed by atoms with Crippen LogP contribution >= 0.6 is 11.5 Å². The molecule has 1 amide bonds. The Labute approximate surface area is 104 Å². The van der Waals surface area contributed by atoms with E-state index in [1.54, 1.807) is 11.1 Å². The maximum atomic E-state index is 11.5. The van der Waals surface area contributed by atoms with Gasteiger partial charge in [-0.05, 0) is 19.8 Å². The number of nitrogens with one attached hydrogen (secondary N) is 1. The van der Waals surface area contributed by atoms with Gasteiger partial charge in [0.15, 0.2) is 0 Å². The summed E-state index contributed by atoms with van der Waals surface area (Å²) in [6.45, 7) is 3.73. The van der Waals surface area contributed by atoms with E-state index in [0.29, 0.717) is 12.6 Å². The summed E-state index contributed by atoms with van der Waals surface area (Å²) in [4.78, 5) is 13.2. The minimum Gasteiger partial charge on any atom is -0.450 e. The largest absolute Gasteiger partial charge is 0.450 e. The molecule has 1 aromatic heterocycles. The molecule has 1 aliphatic heterocycles. The van der Waals surface area contributed by atoms with E-state index in [4.69, 9.17) is 4.74 Å². The van der Waals surface area contributed by atoms with Gasteiger partial charge in [0.05, 0.1) is 12.8 Å². The normalized spacial score (nSPS) is 16.9. The molecule has 0 atom stereocenters. The second kappa shape index (κ2) is 5.81. The van der Waals surface area contributed by atoms with Crippen molar-refractivity contribution in [3.05, 3.63) is 6.20 Å². The molecule has 0 aliphatic carbocycles. The predicted octanol–water partition coefficient (Wildman–Crippen LogP) is 1.57. The highest BCUT2D eigenvalue weighted by Crippen LogP contribution is 2.18. The molecule has 1 fully saturated rings. The van der Waals surface area contributed by atoms with Crippen LogP contribution in [0.4, 0.5) is 9.80 Å². The number of anilines is 1. The first kappa shape index (κ1) is 12.1. The van der Waals surface area contributed by atoms with E-state index >= 15 is 0 Å². The highest BCUT2D eigenvalue weighted by atomic mass is 32.1. The second-order valence-corrected chi connectivity index (χ2v) is 4.67. The second-order valence-electron chi connectivity index (χ2n) is 3.89. The molecule has 1 aliphatic rings. The van der Waals surface area contributed by atoms with Crippen LogP contribution in [0.1, 0.15) is 19.8 Å². The molecule has 7 heteroatoms. The number of likely N-dealkylation sites (tertiary alicyclic amines) is 1. The molecule has 1 N–H and O–H groups in total. The van der Waals surface area contributed by atoms with Gasteiger partial charge < -0.3 is 15.0 Å². The van der Waals surface area contributed by atoms with Gasteiger partial charge in [0.2, 0.25) is 0 Å². The number of hydrogen-bond donors (Lipinski definition) is 1. The van der Waals surface area contributed by atoms with E-state index in [1.165, 1.54) is 11.5 Å². The summed E-state index contributed by atoms with van der Waals surface area (Å²) in [6.07, 6.45) is 3.38. The summed E-state index contributed by atoms with van der Waals surface area (Å²) >= 11 is 1.35. The fourth-order valence-corrected chi connectivity index (χ4v) is 2.35. The van der Waals surface area contributed by atoms with Gasteiger partial charge >= 0.3 is 6.09 Å². The average molecular weight is 256 g/mol. The van der Waals surface area contributed by atoms with Crippen LogP contribution in [0.15, 0.2) is 6.20 Å². The monoisotopic (exact) mass is 256 g/mol. The van der Waals surface area contributed by atoms with Crippen LogP contribution in [-0.4, -0.2) is 46.3 Å². The van der Waals surface area contributed by atoms with Gasteiger partial charge in [-0.1, -0.05) is 4.49 Å². The van der Waals surface area contributed by atoms with Gasteiger partial charge in [-0.2, -0.15) is 0 Å². The fraction of sp³-hybridized carbons (Fsp3) is 0.700. The van der Waals surface area contributed by atoms with E-state index in [9.17, 15) is 4.79 Å². The molecule has 6 nitrogen and oxygen atoms in total. The summed E-state index contributed by atoms with van der Waals surface area (Å²) in [6, 6.07) is 0.392. The van der Waals surface area contributed by atoms with Gasteiger partial charge in [-0.15, -0.1) is 5.10 Å². The first-order valence-electron chi connectivity index (χ1n) is 5.75. The van der Waals surface area contributed by atoms with Gasteiger partial charge in [-0.25, -0.2) is 4.79 Å². The third kappa shape index (κ3) is 3.29. The maximum Gasteiger partial charge on any atom is 0.409 e. The molecule has 0 aromatic carbocycles. The van der Waals surface area contributed by atoms with Crippen molar-refractivity contribution < 1.29 is 9.53 Å². The number of hydrogen-bond acceptors (Lipinski definition) is 6. The topological polar surface area (TPSA) is 67.3 Å². The Morgan fingerprint density at radius 3 is 3.00 bits per heavy atom. The fourth-order valence-electron chi connectivity index (χ4n) is 1.85. The number of piperidine rings is 1. The number of carbonyl (C=O) groups is 1. The number of nitrogens with zero attached hydrogens (tertiary/aromatic N) is 3. The van der Waals surface area contributed by atoms with Crippen molar-refractivity contribution in [3.8, 4) is 0 Å². The van der Waals surface area contributed by atoms with E-state index in [-0.39, 0.29) is 6.09 Å². The Kier molecular flexibility index (Phi) is 4.13. The molecule has 0 bridgehead atoms. The van der Waals surface area contributed by atoms with Gasteiger partial charge in [-0.3, -0.25) is 0 Å². The smallest absolute Gasteiger partial charge is 0.409 e. The average Bonchev–Trinajstić information content (AvgIpc) is 2.83. The van der Waals surface area contributed by atoms with Crippen LogP contribution < -0.4 is 5.32 Å². The van der Waals surface area contributed by atoms with Crippen molar-refractivity contribution in [2.24, 2.45) is 0 Å². The lowest BCUT2D eigenvalue weighted by atomic mass is 10.1. The zero-order chi connectivity index (χ0) is 12.1. The quantitative estimate of drug-likeness (QED) is 0.889. The summed E-state index contributed by atoms with van der Waals surface area (Å²) in [5.74, 6) is 0. The van der Waals surface area contributed by atoms with E-state index in [2.05, 4.69) is 14.9 Å². The molecule has 0 radical (unpaired) electrons. The van der Waals surface area contributed by atoms with E-state index < -0.39 is 0 Å². The Balaban J connectivity index is 1.76. The molecule has 17 heavy (non-hydrogen) atoms. The lowest BCUT2D eigenvalue weighted by molar-refractivity contribution is 0.0983. The third-order valence-electron chi connectivity index (χ3n) is 2.73. The standard InChI is InChI=1S/C10H16N4O2S/c1-2-16-10(15)14-5-3-8(4-6-14)12-9-7-11-13-17-9/h7-8,12H,2-6H2,1H3. The van der Waals surface area contributed by atoms with Crippen molar-refractivity contribution >= 4 is 22.6 Å². The molecule has 1 aromatic rings. The van der Waals surface area contributed by atoms with Crippen molar-refractivity contribution in [2.45, 2.75) is 25.8 Å². The van der Waals surface area contributed by atoms with Crippen molar-refractivity contribution in [2.75, 3.05) is 25.0 Å². The first-order chi connectivity index (χ1) is 8.29. The summed E-state index contributed by atoms with van der Waals surface area (Å²) in [7, 11) is 0. The SMILES string of the molecule is CCOC(=O)N1CCC(Nc2cnns2)CC1. The molecule has 2 heterocycles. The van der Waals surface area contributed by atoms with Crippen LogP contribution in [0.3, 0.4) is 0 Å². The van der Waals surface area contributed by atoms with Crippen LogP contribution in [0.25, 0.3) is 0 Å². The molecule has 0 unspecified atom stereocenters. The molecule has 1 saturated heterocycles. The number of amides is 1. The number of carbonyl (C=O) groups excluding carboxylic acids is 1. The molecular weight excluding hydrogens is 240 g/mol.